The number of piperazine rings is 1. The molecule has 6 nitrogen and oxygen atoms in total. The fourth-order valence-corrected chi connectivity index (χ4v) is 4.53. The minimum Gasteiger partial charge on any atom is -0.375 e. The third-order valence-electron chi connectivity index (χ3n) is 6.06. The topological polar surface area (TPSA) is 48.1 Å². The van der Waals surface area contributed by atoms with Crippen molar-refractivity contribution in [3.63, 3.8) is 0 Å². The number of morpholine rings is 1. The summed E-state index contributed by atoms with van der Waals surface area (Å²) in [6.45, 7) is 9.56. The number of nitrogens with one attached hydrogen (secondary N) is 1. The quantitative estimate of drug-likeness (QED) is 0.747. The molecule has 2 unspecified atom stereocenters. The van der Waals surface area contributed by atoms with E-state index in [9.17, 15) is 4.79 Å². The molecular weight excluding hydrogens is 411 g/mol. The van der Waals surface area contributed by atoms with Gasteiger partial charge in [0.15, 0.2) is 0 Å². The molecule has 1 N–H and O–H groups in total. The van der Waals surface area contributed by atoms with E-state index in [1.807, 2.05) is 6.07 Å². The Morgan fingerprint density at radius 1 is 1.03 bits per heavy atom. The molecule has 1 aromatic rings. The molecule has 2 atom stereocenters. The Hall–Kier alpha value is -0.890. The van der Waals surface area contributed by atoms with Gasteiger partial charge < -0.3 is 15.0 Å². The van der Waals surface area contributed by atoms with Gasteiger partial charge in [-0.3, -0.25) is 14.6 Å². The highest BCUT2D eigenvalue weighted by Crippen LogP contribution is 2.19. The standard InChI is InChI=1S/C21H32N4O2.2ClH/c26-21(25-9-6-19(16-25)24-10-7-22-8-11-24)14-20-17-23(12-13-27-20)15-18-4-2-1-3-5-18;;/h1-5,19-20,22H,6-17H2;2*1H. The molecule has 29 heavy (non-hydrogen) atoms. The molecule has 0 radical (unpaired) electrons. The highest BCUT2D eigenvalue weighted by Gasteiger charge is 2.32. The van der Waals surface area contributed by atoms with E-state index < -0.39 is 0 Å². The molecule has 3 fully saturated rings. The maximum Gasteiger partial charge on any atom is 0.225 e. The summed E-state index contributed by atoms with van der Waals surface area (Å²) in [6, 6.07) is 11.1. The lowest BCUT2D eigenvalue weighted by molar-refractivity contribution is -0.135. The Morgan fingerprint density at radius 2 is 1.79 bits per heavy atom. The van der Waals surface area contributed by atoms with Gasteiger partial charge in [0.05, 0.1) is 19.1 Å². The van der Waals surface area contributed by atoms with E-state index >= 15 is 0 Å². The van der Waals surface area contributed by atoms with Gasteiger partial charge in [-0.2, -0.15) is 0 Å². The average Bonchev–Trinajstić information content (AvgIpc) is 3.20. The van der Waals surface area contributed by atoms with Gasteiger partial charge in [-0.1, -0.05) is 30.3 Å². The molecule has 0 aliphatic carbocycles. The molecular formula is C21H34Cl2N4O2. The number of hydrogen-bond acceptors (Lipinski definition) is 5. The van der Waals surface area contributed by atoms with Crippen molar-refractivity contribution < 1.29 is 9.53 Å². The highest BCUT2D eigenvalue weighted by atomic mass is 35.5. The number of carbonyl (C=O) groups is 1. The van der Waals surface area contributed by atoms with E-state index in [4.69, 9.17) is 4.74 Å². The van der Waals surface area contributed by atoms with E-state index in [0.717, 1.165) is 65.3 Å². The van der Waals surface area contributed by atoms with Gasteiger partial charge in [0.25, 0.3) is 0 Å². The zero-order valence-electron chi connectivity index (χ0n) is 17.0. The number of rotatable bonds is 5. The van der Waals surface area contributed by atoms with Gasteiger partial charge in [-0.05, 0) is 12.0 Å². The maximum absolute atomic E-state index is 12.8. The van der Waals surface area contributed by atoms with Crippen molar-refractivity contribution >= 4 is 30.7 Å². The Bertz CT molecular complexity index is 616. The lowest BCUT2D eigenvalue weighted by Crippen LogP contribution is -2.49. The number of amides is 1. The molecule has 0 saturated carbocycles. The number of nitrogens with zero attached hydrogens (tertiary/aromatic N) is 3. The van der Waals surface area contributed by atoms with Gasteiger partial charge in [-0.25, -0.2) is 0 Å². The van der Waals surface area contributed by atoms with E-state index in [-0.39, 0.29) is 36.8 Å². The molecule has 3 aliphatic rings. The lowest BCUT2D eigenvalue weighted by Gasteiger charge is -2.34. The van der Waals surface area contributed by atoms with Crippen molar-refractivity contribution in [2.45, 2.75) is 31.5 Å². The van der Waals surface area contributed by atoms with Crippen LogP contribution in [0.1, 0.15) is 18.4 Å². The Balaban J connectivity index is 0.00000150. The van der Waals surface area contributed by atoms with Crippen molar-refractivity contribution in [1.29, 1.82) is 0 Å². The van der Waals surface area contributed by atoms with Crippen LogP contribution in [0.3, 0.4) is 0 Å². The zero-order valence-corrected chi connectivity index (χ0v) is 18.6. The van der Waals surface area contributed by atoms with Crippen molar-refractivity contribution in [3.8, 4) is 0 Å². The Morgan fingerprint density at radius 3 is 2.55 bits per heavy atom. The SMILES string of the molecule is Cl.Cl.O=C(CC1CN(Cc2ccccc2)CCO1)N1CCC(N2CCNCC2)C1. The molecule has 4 rings (SSSR count). The van der Waals surface area contributed by atoms with Crippen LogP contribution in [0.2, 0.25) is 0 Å². The van der Waals surface area contributed by atoms with Crippen molar-refractivity contribution in [2.24, 2.45) is 0 Å². The molecule has 3 heterocycles. The maximum atomic E-state index is 12.8. The third kappa shape index (κ3) is 6.81. The third-order valence-corrected chi connectivity index (χ3v) is 6.06. The summed E-state index contributed by atoms with van der Waals surface area (Å²) in [6.07, 6.45) is 1.64. The van der Waals surface area contributed by atoms with Gasteiger partial charge in [0.2, 0.25) is 5.91 Å². The lowest BCUT2D eigenvalue weighted by atomic mass is 10.1. The summed E-state index contributed by atoms with van der Waals surface area (Å²) in [4.78, 5) is 19.8. The molecule has 1 amide bonds. The van der Waals surface area contributed by atoms with Crippen LogP contribution in [0.25, 0.3) is 0 Å². The predicted molar refractivity (Wildman–Crippen MR) is 120 cm³/mol. The van der Waals surface area contributed by atoms with Crippen LogP contribution in [-0.2, 0) is 16.1 Å². The van der Waals surface area contributed by atoms with Crippen molar-refractivity contribution in [1.82, 2.24) is 20.0 Å². The van der Waals surface area contributed by atoms with Crippen LogP contribution in [0, 0.1) is 0 Å². The van der Waals surface area contributed by atoms with Crippen LogP contribution in [0.4, 0.5) is 0 Å². The van der Waals surface area contributed by atoms with Crippen LogP contribution in [0.5, 0.6) is 0 Å². The first kappa shape index (κ1) is 24.4. The second-order valence-corrected chi connectivity index (χ2v) is 7.99. The fraction of sp³-hybridized carbons (Fsp3) is 0.667. The van der Waals surface area contributed by atoms with Gasteiger partial charge in [-0.15, -0.1) is 24.8 Å². The zero-order chi connectivity index (χ0) is 18.5. The number of hydrogen-bond donors (Lipinski definition) is 1. The molecule has 3 saturated heterocycles. The second-order valence-electron chi connectivity index (χ2n) is 7.99. The molecule has 0 aromatic heterocycles. The summed E-state index contributed by atoms with van der Waals surface area (Å²) in [5.41, 5.74) is 1.32. The van der Waals surface area contributed by atoms with Crippen LogP contribution in [0.15, 0.2) is 30.3 Å². The van der Waals surface area contributed by atoms with E-state index in [1.165, 1.54) is 5.56 Å². The van der Waals surface area contributed by atoms with Crippen LogP contribution >= 0.6 is 24.8 Å². The minimum absolute atomic E-state index is 0. The summed E-state index contributed by atoms with van der Waals surface area (Å²) in [5, 5.41) is 3.40. The predicted octanol–water partition coefficient (Wildman–Crippen LogP) is 1.63. The van der Waals surface area contributed by atoms with E-state index in [0.29, 0.717) is 19.1 Å². The van der Waals surface area contributed by atoms with Crippen LogP contribution in [-0.4, -0.2) is 91.7 Å². The number of carbonyl (C=O) groups excluding carboxylic acids is 1. The highest BCUT2D eigenvalue weighted by molar-refractivity contribution is 5.85. The summed E-state index contributed by atoms with van der Waals surface area (Å²) in [5.74, 6) is 0.263. The second kappa shape index (κ2) is 12.1. The average molecular weight is 445 g/mol. The van der Waals surface area contributed by atoms with Crippen LogP contribution < -0.4 is 5.32 Å². The molecule has 164 valence electrons. The van der Waals surface area contributed by atoms with Crippen molar-refractivity contribution in [3.05, 3.63) is 35.9 Å². The van der Waals surface area contributed by atoms with E-state index in [1.54, 1.807) is 0 Å². The summed E-state index contributed by atoms with van der Waals surface area (Å²) >= 11 is 0. The van der Waals surface area contributed by atoms with Gasteiger partial charge >= 0.3 is 0 Å². The number of benzene rings is 1. The van der Waals surface area contributed by atoms with E-state index in [2.05, 4.69) is 44.3 Å². The molecule has 3 aliphatic heterocycles. The van der Waals surface area contributed by atoms with Gasteiger partial charge in [0.1, 0.15) is 0 Å². The molecule has 0 spiro atoms. The molecule has 8 heteroatoms. The smallest absolute Gasteiger partial charge is 0.225 e. The summed E-state index contributed by atoms with van der Waals surface area (Å²) < 4.78 is 5.91. The largest absolute Gasteiger partial charge is 0.375 e. The first-order valence-corrected chi connectivity index (χ1v) is 10.4. The van der Waals surface area contributed by atoms with Crippen molar-refractivity contribution in [2.75, 3.05) is 59.0 Å². The normalized spacial score (nSPS) is 25.9. The summed E-state index contributed by atoms with van der Waals surface area (Å²) in [7, 11) is 0. The first-order valence-electron chi connectivity index (χ1n) is 10.4. The minimum atomic E-state index is 0. The first-order chi connectivity index (χ1) is 13.3. The van der Waals surface area contributed by atoms with Gasteiger partial charge in [0, 0.05) is 64.9 Å². The fourth-order valence-electron chi connectivity index (χ4n) is 4.53. The number of halogens is 2. The molecule has 0 bridgehead atoms. The molecule has 1 aromatic carbocycles. The number of likely N-dealkylation sites (tertiary alicyclic amines) is 1. The monoisotopic (exact) mass is 444 g/mol. The number of ether oxygens (including phenoxy) is 1. The Kier molecular flexibility index (Phi) is 10.2. The Labute approximate surface area is 186 Å².